The van der Waals surface area contributed by atoms with Crippen LogP contribution in [-0.4, -0.2) is 34.5 Å². The quantitative estimate of drug-likeness (QED) is 0.819. The summed E-state index contributed by atoms with van der Waals surface area (Å²) in [7, 11) is 0. The van der Waals surface area contributed by atoms with Crippen molar-refractivity contribution in [3.63, 3.8) is 0 Å². The molecule has 4 nitrogen and oxygen atoms in total. The van der Waals surface area contributed by atoms with E-state index < -0.39 is 0 Å². The summed E-state index contributed by atoms with van der Waals surface area (Å²) >= 11 is 0. The largest absolute Gasteiger partial charge is 0.393 e. The van der Waals surface area contributed by atoms with Crippen LogP contribution < -0.4 is 4.90 Å². The standard InChI is InChI=1S/C12H19N3O/c1-9-7-12(14-13-8-9)15-5-3-11(4-6-15)10(2)16/h7-8,10-11,16H,3-6H2,1-2H3. The SMILES string of the molecule is Cc1cnnc(N2CCC(C(C)O)CC2)c1. The lowest BCUT2D eigenvalue weighted by atomic mass is 9.92. The Labute approximate surface area is 96.3 Å². The molecule has 1 atom stereocenters. The molecular weight excluding hydrogens is 202 g/mol. The summed E-state index contributed by atoms with van der Waals surface area (Å²) in [5.41, 5.74) is 1.14. The number of aryl methyl sites for hydroxylation is 1. The van der Waals surface area contributed by atoms with Crippen LogP contribution in [0.25, 0.3) is 0 Å². The molecule has 1 aromatic heterocycles. The van der Waals surface area contributed by atoms with E-state index in [0.29, 0.717) is 5.92 Å². The van der Waals surface area contributed by atoms with E-state index in [4.69, 9.17) is 0 Å². The van der Waals surface area contributed by atoms with Gasteiger partial charge in [0.1, 0.15) is 0 Å². The molecule has 1 N–H and O–H groups in total. The Hall–Kier alpha value is -1.16. The zero-order valence-electron chi connectivity index (χ0n) is 9.93. The summed E-state index contributed by atoms with van der Waals surface area (Å²) in [5.74, 6) is 1.40. The van der Waals surface area contributed by atoms with Crippen molar-refractivity contribution in [3.8, 4) is 0 Å². The van der Waals surface area contributed by atoms with Gasteiger partial charge in [-0.1, -0.05) is 0 Å². The number of aliphatic hydroxyl groups excluding tert-OH is 1. The van der Waals surface area contributed by atoms with E-state index in [1.54, 1.807) is 6.20 Å². The van der Waals surface area contributed by atoms with Crippen molar-refractivity contribution < 1.29 is 5.11 Å². The molecule has 4 heteroatoms. The number of aliphatic hydroxyl groups is 1. The number of nitrogens with zero attached hydrogens (tertiary/aromatic N) is 3. The number of hydrogen-bond donors (Lipinski definition) is 1. The molecule has 2 rings (SSSR count). The van der Waals surface area contributed by atoms with Gasteiger partial charge < -0.3 is 10.0 Å². The molecule has 0 saturated carbocycles. The second-order valence-corrected chi connectivity index (χ2v) is 4.66. The number of rotatable bonds is 2. The number of anilines is 1. The van der Waals surface area contributed by atoms with Crippen molar-refractivity contribution in [2.45, 2.75) is 32.8 Å². The van der Waals surface area contributed by atoms with Gasteiger partial charge in [-0.3, -0.25) is 0 Å². The molecular formula is C12H19N3O. The summed E-state index contributed by atoms with van der Waals surface area (Å²) in [6, 6.07) is 2.07. The smallest absolute Gasteiger partial charge is 0.151 e. The molecule has 16 heavy (non-hydrogen) atoms. The first-order valence-electron chi connectivity index (χ1n) is 5.89. The molecule has 0 aliphatic carbocycles. The van der Waals surface area contributed by atoms with Gasteiger partial charge in [0.05, 0.1) is 12.3 Å². The Morgan fingerprint density at radius 2 is 2.12 bits per heavy atom. The van der Waals surface area contributed by atoms with Crippen LogP contribution in [0.1, 0.15) is 25.3 Å². The Bertz CT molecular complexity index is 346. The van der Waals surface area contributed by atoms with Crippen molar-refractivity contribution >= 4 is 5.82 Å². The van der Waals surface area contributed by atoms with E-state index in [1.807, 2.05) is 13.8 Å². The summed E-state index contributed by atoms with van der Waals surface area (Å²) in [6.07, 6.45) is 3.65. The third-order valence-corrected chi connectivity index (χ3v) is 3.32. The van der Waals surface area contributed by atoms with E-state index in [2.05, 4.69) is 21.2 Å². The van der Waals surface area contributed by atoms with Crippen LogP contribution in [-0.2, 0) is 0 Å². The molecule has 1 aliphatic heterocycles. The summed E-state index contributed by atoms with van der Waals surface area (Å²) in [4.78, 5) is 2.25. The summed E-state index contributed by atoms with van der Waals surface area (Å²) in [6.45, 7) is 5.84. The normalized spacial score (nSPS) is 19.8. The van der Waals surface area contributed by atoms with Crippen LogP contribution in [0.15, 0.2) is 12.3 Å². The molecule has 1 unspecified atom stereocenters. The molecule has 1 fully saturated rings. The molecule has 2 heterocycles. The topological polar surface area (TPSA) is 49.2 Å². The average Bonchev–Trinajstić information content (AvgIpc) is 2.29. The second-order valence-electron chi connectivity index (χ2n) is 4.66. The lowest BCUT2D eigenvalue weighted by Crippen LogP contribution is -2.37. The third kappa shape index (κ3) is 2.50. The van der Waals surface area contributed by atoms with Crippen LogP contribution in [0.3, 0.4) is 0 Å². The zero-order valence-corrected chi connectivity index (χ0v) is 9.93. The van der Waals surface area contributed by atoms with E-state index in [-0.39, 0.29) is 6.10 Å². The maximum atomic E-state index is 9.53. The molecule has 88 valence electrons. The van der Waals surface area contributed by atoms with Gasteiger partial charge in [0.2, 0.25) is 0 Å². The summed E-state index contributed by atoms with van der Waals surface area (Å²) < 4.78 is 0. The molecule has 1 aliphatic rings. The maximum Gasteiger partial charge on any atom is 0.151 e. The van der Waals surface area contributed by atoms with Crippen LogP contribution >= 0.6 is 0 Å². The molecule has 0 aromatic carbocycles. The van der Waals surface area contributed by atoms with Crippen LogP contribution in [0.2, 0.25) is 0 Å². The second kappa shape index (κ2) is 4.78. The van der Waals surface area contributed by atoms with Crippen LogP contribution in [0, 0.1) is 12.8 Å². The van der Waals surface area contributed by atoms with E-state index in [1.165, 1.54) is 0 Å². The molecule has 0 amide bonds. The Balaban J connectivity index is 1.99. The minimum atomic E-state index is -0.189. The monoisotopic (exact) mass is 221 g/mol. The molecule has 0 bridgehead atoms. The van der Waals surface area contributed by atoms with Gasteiger partial charge in [0.15, 0.2) is 5.82 Å². The van der Waals surface area contributed by atoms with Gasteiger partial charge in [-0.2, -0.15) is 5.10 Å². The van der Waals surface area contributed by atoms with Gasteiger partial charge >= 0.3 is 0 Å². The van der Waals surface area contributed by atoms with Gasteiger partial charge in [-0.15, -0.1) is 5.10 Å². The van der Waals surface area contributed by atoms with Crippen molar-refractivity contribution in [2.75, 3.05) is 18.0 Å². The third-order valence-electron chi connectivity index (χ3n) is 3.32. The highest BCUT2D eigenvalue weighted by atomic mass is 16.3. The van der Waals surface area contributed by atoms with Crippen LogP contribution in [0.5, 0.6) is 0 Å². The minimum absolute atomic E-state index is 0.189. The molecule has 0 radical (unpaired) electrons. The molecule has 1 saturated heterocycles. The highest BCUT2D eigenvalue weighted by Crippen LogP contribution is 2.23. The van der Waals surface area contributed by atoms with Gasteiger partial charge in [0, 0.05) is 13.1 Å². The average molecular weight is 221 g/mol. The van der Waals surface area contributed by atoms with Crippen molar-refractivity contribution in [1.29, 1.82) is 0 Å². The zero-order chi connectivity index (χ0) is 11.5. The highest BCUT2D eigenvalue weighted by molar-refractivity contribution is 5.39. The lowest BCUT2D eigenvalue weighted by Gasteiger charge is -2.33. The predicted molar refractivity (Wildman–Crippen MR) is 63.4 cm³/mol. The minimum Gasteiger partial charge on any atom is -0.393 e. The number of piperidine rings is 1. The number of hydrogen-bond acceptors (Lipinski definition) is 4. The van der Waals surface area contributed by atoms with E-state index >= 15 is 0 Å². The lowest BCUT2D eigenvalue weighted by molar-refractivity contribution is 0.109. The Kier molecular flexibility index (Phi) is 3.39. The molecule has 1 aromatic rings. The maximum absolute atomic E-state index is 9.53. The van der Waals surface area contributed by atoms with E-state index in [0.717, 1.165) is 37.3 Å². The van der Waals surface area contributed by atoms with Crippen molar-refractivity contribution in [2.24, 2.45) is 5.92 Å². The van der Waals surface area contributed by atoms with E-state index in [9.17, 15) is 5.11 Å². The van der Waals surface area contributed by atoms with Crippen LogP contribution in [0.4, 0.5) is 5.82 Å². The fourth-order valence-electron chi connectivity index (χ4n) is 2.21. The van der Waals surface area contributed by atoms with Gasteiger partial charge in [-0.05, 0) is 44.2 Å². The number of aromatic nitrogens is 2. The first-order chi connectivity index (χ1) is 7.66. The fourth-order valence-corrected chi connectivity index (χ4v) is 2.21. The Morgan fingerprint density at radius 3 is 2.69 bits per heavy atom. The first-order valence-corrected chi connectivity index (χ1v) is 5.89. The van der Waals surface area contributed by atoms with Crippen molar-refractivity contribution in [3.05, 3.63) is 17.8 Å². The Morgan fingerprint density at radius 1 is 1.44 bits per heavy atom. The summed E-state index contributed by atoms with van der Waals surface area (Å²) in [5, 5.41) is 17.7. The fraction of sp³-hybridized carbons (Fsp3) is 0.667. The van der Waals surface area contributed by atoms with Gasteiger partial charge in [0.25, 0.3) is 0 Å². The van der Waals surface area contributed by atoms with Crippen molar-refractivity contribution in [1.82, 2.24) is 10.2 Å². The molecule has 0 spiro atoms. The first kappa shape index (κ1) is 11.3. The van der Waals surface area contributed by atoms with Gasteiger partial charge in [-0.25, -0.2) is 0 Å². The highest BCUT2D eigenvalue weighted by Gasteiger charge is 2.23. The predicted octanol–water partition coefficient (Wildman–Crippen LogP) is 1.38.